The van der Waals surface area contributed by atoms with Crippen LogP contribution in [0, 0.1) is 0 Å². The average Bonchev–Trinajstić information content (AvgIpc) is 1.63. The Hall–Kier alpha value is -0.540. The summed E-state index contributed by atoms with van der Waals surface area (Å²) in [6, 6.07) is 0. The summed E-state index contributed by atoms with van der Waals surface area (Å²) in [7, 11) is 0. The Bertz CT molecular complexity index is 84.3. The molecule has 0 heterocycles. The van der Waals surface area contributed by atoms with Gasteiger partial charge in [0, 0.05) is 12.8 Å². The Labute approximate surface area is 50.9 Å². The highest BCUT2D eigenvalue weighted by Crippen LogP contribution is 2.08. The molecule has 1 atom stereocenters. The highest BCUT2D eigenvalue weighted by Gasteiger charge is 2.12. The molecule has 0 aliphatic heterocycles. The fourth-order valence-corrected chi connectivity index (χ4v) is 0.394. The topological polar surface area (TPSA) is 17.1 Å². The zero-order chi connectivity index (χ0) is 7.28. The van der Waals surface area contributed by atoms with Gasteiger partial charge in [-0.25, -0.2) is 13.2 Å². The fourth-order valence-electron chi connectivity index (χ4n) is 0.394. The van der Waals surface area contributed by atoms with Crippen molar-refractivity contribution in [1.29, 1.82) is 0 Å². The van der Waals surface area contributed by atoms with Crippen molar-refractivity contribution in [3.05, 3.63) is 0 Å². The summed E-state index contributed by atoms with van der Waals surface area (Å²) in [5.41, 5.74) is 0. The highest BCUT2D eigenvalue weighted by atomic mass is 19.3. The molecule has 0 aromatic heterocycles. The number of halogens is 3. The molecule has 4 heteroatoms. The molecule has 0 bridgehead atoms. The Morgan fingerprint density at radius 3 is 2.22 bits per heavy atom. The zero-order valence-corrected chi connectivity index (χ0v) is 4.69. The van der Waals surface area contributed by atoms with Gasteiger partial charge < -0.3 is 4.79 Å². The molecule has 0 aliphatic carbocycles. The molecule has 54 valence electrons. The van der Waals surface area contributed by atoms with Gasteiger partial charge in [0.2, 0.25) is 6.43 Å². The quantitative estimate of drug-likeness (QED) is 0.541. The van der Waals surface area contributed by atoms with Gasteiger partial charge >= 0.3 is 0 Å². The Morgan fingerprint density at radius 1 is 1.33 bits per heavy atom. The molecule has 0 rings (SSSR count). The molecular formula is C5H7F3O. The maximum Gasteiger partial charge on any atom is 0.241 e. The third kappa shape index (κ3) is 5.33. The molecule has 0 fully saturated rings. The summed E-state index contributed by atoms with van der Waals surface area (Å²) in [5, 5.41) is 0. The predicted molar refractivity (Wildman–Crippen MR) is 26.2 cm³/mol. The first kappa shape index (κ1) is 8.46. The molecule has 0 N–H and O–H groups in total. The van der Waals surface area contributed by atoms with E-state index in [0.717, 1.165) is 0 Å². The molecule has 0 spiro atoms. The zero-order valence-electron chi connectivity index (χ0n) is 4.69. The minimum absolute atomic E-state index is 0.299. The summed E-state index contributed by atoms with van der Waals surface area (Å²) < 4.78 is 34.4. The van der Waals surface area contributed by atoms with Gasteiger partial charge in [-0.3, -0.25) is 0 Å². The van der Waals surface area contributed by atoms with Crippen molar-refractivity contribution < 1.29 is 18.0 Å². The van der Waals surface area contributed by atoms with Crippen LogP contribution in [0.25, 0.3) is 0 Å². The summed E-state index contributed by atoms with van der Waals surface area (Å²) in [6.07, 6.45) is -5.29. The summed E-state index contributed by atoms with van der Waals surface area (Å²) in [5.74, 6) is 0. The van der Waals surface area contributed by atoms with Crippen molar-refractivity contribution in [3.8, 4) is 0 Å². The predicted octanol–water partition coefficient (Wildman–Crippen LogP) is 1.57. The van der Waals surface area contributed by atoms with Crippen LogP contribution in [0.3, 0.4) is 0 Å². The van der Waals surface area contributed by atoms with Crippen LogP contribution in [0.5, 0.6) is 0 Å². The summed E-state index contributed by atoms with van der Waals surface area (Å²) in [4.78, 5) is 9.51. The van der Waals surface area contributed by atoms with Crippen LogP contribution in [0.1, 0.15) is 12.8 Å². The third-order valence-corrected chi connectivity index (χ3v) is 0.786. The molecule has 0 saturated heterocycles. The monoisotopic (exact) mass is 140 g/mol. The van der Waals surface area contributed by atoms with Crippen molar-refractivity contribution in [3.63, 3.8) is 0 Å². The first-order chi connectivity index (χ1) is 4.16. The lowest BCUT2D eigenvalue weighted by Gasteiger charge is -2.00. The molecule has 0 amide bonds. The van der Waals surface area contributed by atoms with Crippen LogP contribution in [0.4, 0.5) is 13.2 Å². The van der Waals surface area contributed by atoms with E-state index in [1.165, 1.54) is 0 Å². The van der Waals surface area contributed by atoms with Gasteiger partial charge in [-0.1, -0.05) is 0 Å². The Balaban J connectivity index is 3.25. The number of carbonyl (C=O) groups is 1. The van der Waals surface area contributed by atoms with E-state index < -0.39 is 25.4 Å². The first-order valence-corrected chi connectivity index (χ1v) is 2.52. The normalized spacial score (nSPS) is 13.8. The van der Waals surface area contributed by atoms with Gasteiger partial charge in [0.15, 0.2) is 0 Å². The van der Waals surface area contributed by atoms with E-state index >= 15 is 0 Å². The van der Waals surface area contributed by atoms with Gasteiger partial charge in [-0.2, -0.15) is 0 Å². The largest absolute Gasteiger partial charge is 0.303 e. The number of aldehydes is 1. The molecule has 0 aliphatic rings. The second-order valence-corrected chi connectivity index (χ2v) is 1.63. The second-order valence-electron chi connectivity index (χ2n) is 1.63. The van der Waals surface area contributed by atoms with Crippen molar-refractivity contribution in [2.75, 3.05) is 0 Å². The van der Waals surface area contributed by atoms with E-state index in [1.54, 1.807) is 0 Å². The van der Waals surface area contributed by atoms with E-state index in [4.69, 9.17) is 0 Å². The number of alkyl halides is 3. The summed E-state index contributed by atoms with van der Waals surface area (Å²) >= 11 is 0. The average molecular weight is 140 g/mol. The molecule has 1 nitrogen and oxygen atoms in total. The smallest absolute Gasteiger partial charge is 0.241 e. The molecule has 0 radical (unpaired) electrons. The lowest BCUT2D eigenvalue weighted by atomic mass is 10.2. The lowest BCUT2D eigenvalue weighted by molar-refractivity contribution is -0.109. The molecule has 9 heavy (non-hydrogen) atoms. The van der Waals surface area contributed by atoms with Crippen LogP contribution in [0.2, 0.25) is 0 Å². The van der Waals surface area contributed by atoms with E-state index in [2.05, 4.69) is 0 Å². The van der Waals surface area contributed by atoms with Gasteiger partial charge in [-0.15, -0.1) is 0 Å². The number of hydrogen-bond donors (Lipinski definition) is 0. The van der Waals surface area contributed by atoms with E-state index in [0.29, 0.717) is 6.29 Å². The maximum atomic E-state index is 11.9. The lowest BCUT2D eigenvalue weighted by Crippen LogP contribution is -2.06. The summed E-state index contributed by atoms with van der Waals surface area (Å²) in [6.45, 7) is 0. The fraction of sp³-hybridized carbons (Fsp3) is 0.800. The van der Waals surface area contributed by atoms with E-state index in [1.807, 2.05) is 0 Å². The van der Waals surface area contributed by atoms with Crippen LogP contribution in [-0.4, -0.2) is 18.9 Å². The Morgan fingerprint density at radius 2 is 1.89 bits per heavy atom. The van der Waals surface area contributed by atoms with Crippen molar-refractivity contribution in [1.82, 2.24) is 0 Å². The highest BCUT2D eigenvalue weighted by molar-refractivity contribution is 5.49. The van der Waals surface area contributed by atoms with Gasteiger partial charge in [0.25, 0.3) is 0 Å². The maximum absolute atomic E-state index is 11.9. The third-order valence-electron chi connectivity index (χ3n) is 0.786. The number of hydrogen-bond acceptors (Lipinski definition) is 1. The standard InChI is InChI=1S/C5H7F3O/c6-4(1-2-9)3-5(7)8/h2,4-5H,1,3H2. The minimum atomic E-state index is -2.65. The van der Waals surface area contributed by atoms with Gasteiger partial charge in [0.1, 0.15) is 12.5 Å². The van der Waals surface area contributed by atoms with Gasteiger partial charge in [-0.05, 0) is 0 Å². The molecule has 1 unspecified atom stereocenters. The second kappa shape index (κ2) is 4.35. The van der Waals surface area contributed by atoms with Crippen molar-refractivity contribution in [2.45, 2.75) is 25.4 Å². The SMILES string of the molecule is O=CCC(F)CC(F)F. The van der Waals surface area contributed by atoms with Crippen LogP contribution < -0.4 is 0 Å². The van der Waals surface area contributed by atoms with Gasteiger partial charge in [0.05, 0.1) is 0 Å². The molecule has 0 aromatic rings. The van der Waals surface area contributed by atoms with Crippen LogP contribution >= 0.6 is 0 Å². The number of rotatable bonds is 4. The minimum Gasteiger partial charge on any atom is -0.303 e. The number of carbonyl (C=O) groups excluding carboxylic acids is 1. The molecule has 0 aromatic carbocycles. The first-order valence-electron chi connectivity index (χ1n) is 2.52. The van der Waals surface area contributed by atoms with Crippen LogP contribution in [0.15, 0.2) is 0 Å². The van der Waals surface area contributed by atoms with Crippen LogP contribution in [-0.2, 0) is 4.79 Å². The van der Waals surface area contributed by atoms with E-state index in [-0.39, 0.29) is 0 Å². The van der Waals surface area contributed by atoms with Crippen molar-refractivity contribution >= 4 is 6.29 Å². The molecular weight excluding hydrogens is 133 g/mol. The van der Waals surface area contributed by atoms with Crippen molar-refractivity contribution in [2.24, 2.45) is 0 Å². The van der Waals surface area contributed by atoms with E-state index in [9.17, 15) is 18.0 Å². The molecule has 0 saturated carbocycles. The Kier molecular flexibility index (Phi) is 4.09.